The molecule has 0 unspecified atom stereocenters. The number of pyridine rings is 1. The highest BCUT2D eigenvalue weighted by molar-refractivity contribution is 6.08. The largest absolute Gasteiger partial charge is 0.454 e. The van der Waals surface area contributed by atoms with Gasteiger partial charge in [0.25, 0.3) is 5.91 Å². The first kappa shape index (κ1) is 23.1. The van der Waals surface area contributed by atoms with Crippen LogP contribution in [0.4, 0.5) is 4.79 Å². The maximum absolute atomic E-state index is 13.2. The van der Waals surface area contributed by atoms with Crippen LogP contribution in [0.5, 0.6) is 11.5 Å². The molecule has 0 atom stereocenters. The van der Waals surface area contributed by atoms with Crippen LogP contribution >= 0.6 is 0 Å². The third-order valence-corrected chi connectivity index (χ3v) is 5.88. The second-order valence-corrected chi connectivity index (χ2v) is 8.24. The minimum Gasteiger partial charge on any atom is -0.454 e. The topological polar surface area (TPSA) is 116 Å². The van der Waals surface area contributed by atoms with Crippen LogP contribution in [0.2, 0.25) is 0 Å². The zero-order valence-electron chi connectivity index (χ0n) is 19.3. The molecular formula is C27H23N3O6. The van der Waals surface area contributed by atoms with Gasteiger partial charge >= 0.3 is 12.0 Å². The molecule has 1 aromatic heterocycles. The second-order valence-electron chi connectivity index (χ2n) is 8.24. The number of rotatable bonds is 6. The van der Waals surface area contributed by atoms with Gasteiger partial charge in [0.1, 0.15) is 0 Å². The zero-order chi connectivity index (χ0) is 25.1. The van der Waals surface area contributed by atoms with Crippen LogP contribution in [-0.4, -0.2) is 42.8 Å². The predicted octanol–water partition coefficient (Wildman–Crippen LogP) is 3.62. The molecule has 0 radical (unpaired) electrons. The standard InChI is InChI=1S/C27H23N3O6/c1-2-11-28-27(33)30-23(31)14-34-26(32)24-18-5-3-4-6-20(18)29-25-17(8-9-19(24)25)12-16-7-10-21-22(13-16)36-15-35-21/h2-7,10,12-13H,1,8-9,11,14-15H2,(H2,28,30,31,33)/b17-12+. The lowest BCUT2D eigenvalue weighted by Gasteiger charge is -2.12. The van der Waals surface area contributed by atoms with Crippen molar-refractivity contribution < 1.29 is 28.6 Å². The van der Waals surface area contributed by atoms with E-state index in [0.29, 0.717) is 40.8 Å². The number of aromatic nitrogens is 1. The van der Waals surface area contributed by atoms with Gasteiger partial charge in [-0.1, -0.05) is 30.3 Å². The van der Waals surface area contributed by atoms with E-state index in [0.717, 1.165) is 22.4 Å². The summed E-state index contributed by atoms with van der Waals surface area (Å²) in [5.74, 6) is 0.0225. The quantitative estimate of drug-likeness (QED) is 0.405. The Kier molecular flexibility index (Phi) is 6.36. The summed E-state index contributed by atoms with van der Waals surface area (Å²) in [4.78, 5) is 41.7. The van der Waals surface area contributed by atoms with Crippen molar-refractivity contribution in [1.29, 1.82) is 0 Å². The molecule has 0 saturated heterocycles. The van der Waals surface area contributed by atoms with Gasteiger partial charge in [-0.25, -0.2) is 14.6 Å². The number of esters is 1. The van der Waals surface area contributed by atoms with E-state index < -0.39 is 24.5 Å². The molecule has 36 heavy (non-hydrogen) atoms. The van der Waals surface area contributed by atoms with E-state index in [2.05, 4.69) is 17.2 Å². The molecule has 1 aliphatic heterocycles. The van der Waals surface area contributed by atoms with Crippen molar-refractivity contribution in [3.05, 3.63) is 77.5 Å². The smallest absolute Gasteiger partial charge is 0.339 e. The summed E-state index contributed by atoms with van der Waals surface area (Å²) in [6, 6.07) is 12.3. The van der Waals surface area contributed by atoms with E-state index in [1.165, 1.54) is 6.08 Å². The number of imide groups is 1. The first-order valence-corrected chi connectivity index (χ1v) is 11.4. The maximum atomic E-state index is 13.2. The number of urea groups is 1. The summed E-state index contributed by atoms with van der Waals surface area (Å²) in [5.41, 5.74) is 4.46. The fourth-order valence-electron chi connectivity index (χ4n) is 4.29. The van der Waals surface area contributed by atoms with E-state index >= 15 is 0 Å². The number of carbonyl (C=O) groups excluding carboxylic acids is 3. The molecule has 0 saturated carbocycles. The van der Waals surface area contributed by atoms with Crippen LogP contribution in [0.3, 0.4) is 0 Å². The van der Waals surface area contributed by atoms with Crippen molar-refractivity contribution in [3.8, 4) is 11.5 Å². The number of hydrogen-bond acceptors (Lipinski definition) is 7. The van der Waals surface area contributed by atoms with Crippen LogP contribution in [0.25, 0.3) is 22.6 Å². The van der Waals surface area contributed by atoms with E-state index in [-0.39, 0.29) is 13.3 Å². The third kappa shape index (κ3) is 4.63. The molecule has 1 aliphatic carbocycles. The molecule has 182 valence electrons. The van der Waals surface area contributed by atoms with Gasteiger partial charge in [0.05, 0.1) is 16.8 Å². The van der Waals surface area contributed by atoms with Crippen molar-refractivity contribution in [2.24, 2.45) is 0 Å². The van der Waals surface area contributed by atoms with Crippen LogP contribution in [0.15, 0.2) is 55.1 Å². The van der Waals surface area contributed by atoms with Crippen LogP contribution in [-0.2, 0) is 16.0 Å². The number of hydrogen-bond donors (Lipinski definition) is 2. The van der Waals surface area contributed by atoms with Crippen molar-refractivity contribution in [1.82, 2.24) is 15.6 Å². The molecule has 3 amide bonds. The van der Waals surface area contributed by atoms with Gasteiger partial charge in [-0.3, -0.25) is 10.1 Å². The zero-order valence-corrected chi connectivity index (χ0v) is 19.3. The summed E-state index contributed by atoms with van der Waals surface area (Å²) in [6.07, 6.45) is 4.80. The average molecular weight is 485 g/mol. The molecule has 0 bridgehead atoms. The molecule has 2 heterocycles. The number of fused-ring (bicyclic) bond motifs is 3. The number of amides is 3. The Labute approximate surface area is 206 Å². The van der Waals surface area contributed by atoms with Gasteiger partial charge in [0.2, 0.25) is 6.79 Å². The highest BCUT2D eigenvalue weighted by Crippen LogP contribution is 2.39. The highest BCUT2D eigenvalue weighted by atomic mass is 16.7. The number of allylic oxidation sites excluding steroid dienone is 1. The fraction of sp³-hybridized carbons (Fsp3) is 0.185. The molecule has 2 aromatic carbocycles. The lowest BCUT2D eigenvalue weighted by molar-refractivity contribution is -0.123. The molecular weight excluding hydrogens is 462 g/mol. The van der Waals surface area contributed by atoms with E-state index in [9.17, 15) is 14.4 Å². The van der Waals surface area contributed by atoms with Gasteiger partial charge in [0, 0.05) is 11.9 Å². The second kappa shape index (κ2) is 9.91. The average Bonchev–Trinajstić information content (AvgIpc) is 3.51. The molecule has 5 rings (SSSR count). The molecule has 0 fully saturated rings. The first-order valence-electron chi connectivity index (χ1n) is 11.4. The summed E-state index contributed by atoms with van der Waals surface area (Å²) in [6.45, 7) is 3.30. The molecule has 3 aromatic rings. The Hall–Kier alpha value is -4.66. The van der Waals surface area contributed by atoms with Crippen molar-refractivity contribution >= 4 is 40.5 Å². The Balaban J connectivity index is 1.42. The molecule has 2 N–H and O–H groups in total. The fourth-order valence-corrected chi connectivity index (χ4v) is 4.29. The number of ether oxygens (including phenoxy) is 3. The molecule has 0 spiro atoms. The summed E-state index contributed by atoms with van der Waals surface area (Å²) < 4.78 is 16.2. The Morgan fingerprint density at radius 3 is 2.78 bits per heavy atom. The number of nitrogens with zero attached hydrogens (tertiary/aromatic N) is 1. The minimum absolute atomic E-state index is 0.203. The molecule has 2 aliphatic rings. The number of carbonyl (C=O) groups is 3. The summed E-state index contributed by atoms with van der Waals surface area (Å²) >= 11 is 0. The Bertz CT molecular complexity index is 1430. The summed E-state index contributed by atoms with van der Waals surface area (Å²) in [5, 5.41) is 5.18. The van der Waals surface area contributed by atoms with Gasteiger partial charge in [-0.05, 0) is 53.8 Å². The van der Waals surface area contributed by atoms with Crippen LogP contribution < -0.4 is 20.1 Å². The molecule has 9 heteroatoms. The Morgan fingerprint density at radius 2 is 1.92 bits per heavy atom. The highest BCUT2D eigenvalue weighted by Gasteiger charge is 2.28. The summed E-state index contributed by atoms with van der Waals surface area (Å²) in [7, 11) is 0. The van der Waals surface area contributed by atoms with E-state index in [4.69, 9.17) is 19.2 Å². The van der Waals surface area contributed by atoms with Crippen molar-refractivity contribution in [3.63, 3.8) is 0 Å². The van der Waals surface area contributed by atoms with Crippen LogP contribution in [0.1, 0.15) is 33.6 Å². The lowest BCUT2D eigenvalue weighted by atomic mass is 10.0. The van der Waals surface area contributed by atoms with E-state index in [1.54, 1.807) is 0 Å². The van der Waals surface area contributed by atoms with Crippen molar-refractivity contribution in [2.45, 2.75) is 12.8 Å². The van der Waals surface area contributed by atoms with Gasteiger partial charge in [-0.2, -0.15) is 0 Å². The normalized spacial score (nSPS) is 14.4. The van der Waals surface area contributed by atoms with Gasteiger partial charge < -0.3 is 19.5 Å². The lowest BCUT2D eigenvalue weighted by Crippen LogP contribution is -2.41. The Morgan fingerprint density at radius 1 is 1.08 bits per heavy atom. The first-order chi connectivity index (χ1) is 17.5. The maximum Gasteiger partial charge on any atom is 0.339 e. The van der Waals surface area contributed by atoms with E-state index in [1.807, 2.05) is 48.5 Å². The van der Waals surface area contributed by atoms with Gasteiger partial charge in [-0.15, -0.1) is 6.58 Å². The SMILES string of the molecule is C=CCNC(=O)NC(=O)COC(=O)c1c2c(nc3ccccc13)/C(=C/c1ccc3c(c1)OCO3)CC2. The molecule has 9 nitrogen and oxygen atoms in total. The monoisotopic (exact) mass is 485 g/mol. The number of para-hydroxylation sites is 1. The number of benzene rings is 2. The number of nitrogens with one attached hydrogen (secondary N) is 2. The minimum atomic E-state index is -0.733. The third-order valence-electron chi connectivity index (χ3n) is 5.88. The predicted molar refractivity (Wildman–Crippen MR) is 133 cm³/mol. The van der Waals surface area contributed by atoms with Crippen LogP contribution in [0, 0.1) is 0 Å². The van der Waals surface area contributed by atoms with Crippen molar-refractivity contribution in [2.75, 3.05) is 19.9 Å². The van der Waals surface area contributed by atoms with Gasteiger partial charge in [0.15, 0.2) is 18.1 Å².